The second-order valence-corrected chi connectivity index (χ2v) is 7.17. The Kier molecular flexibility index (Phi) is 5.40. The minimum absolute atomic E-state index is 0.339. The van der Waals surface area contributed by atoms with Gasteiger partial charge in [0.25, 0.3) is 0 Å². The van der Waals surface area contributed by atoms with Gasteiger partial charge in [0.1, 0.15) is 5.82 Å². The predicted molar refractivity (Wildman–Crippen MR) is 100 cm³/mol. The second-order valence-electron chi connectivity index (χ2n) is 5.28. The van der Waals surface area contributed by atoms with Gasteiger partial charge < -0.3 is 11.1 Å². The summed E-state index contributed by atoms with van der Waals surface area (Å²) in [6, 6.07) is 11.9. The van der Waals surface area contributed by atoms with Gasteiger partial charge in [-0.3, -0.25) is 4.79 Å². The lowest BCUT2D eigenvalue weighted by molar-refractivity contribution is 0.1000. The van der Waals surface area contributed by atoms with Crippen molar-refractivity contribution in [1.82, 2.24) is 10.2 Å². The normalized spacial score (nSPS) is 10.6. The molecule has 0 aliphatic rings. The number of nitrogens with zero attached hydrogens (tertiary/aromatic N) is 2. The fourth-order valence-electron chi connectivity index (χ4n) is 2.26. The smallest absolute Gasteiger partial charge is 0.248 e. The molecule has 25 heavy (non-hydrogen) atoms. The van der Waals surface area contributed by atoms with Crippen molar-refractivity contribution in [2.24, 2.45) is 5.73 Å². The van der Waals surface area contributed by atoms with Gasteiger partial charge in [0.2, 0.25) is 11.0 Å². The molecule has 1 aromatic heterocycles. The Hall–Kier alpha value is -2.32. The molecule has 8 heteroatoms. The molecule has 3 rings (SSSR count). The predicted octanol–water partition coefficient (Wildman–Crippen LogP) is 3.86. The Balaban J connectivity index is 1.63. The van der Waals surface area contributed by atoms with Gasteiger partial charge in [0.15, 0.2) is 5.01 Å². The van der Waals surface area contributed by atoms with Crippen LogP contribution in [0.25, 0.3) is 10.6 Å². The molecule has 3 aromatic rings. The minimum atomic E-state index is -0.445. The van der Waals surface area contributed by atoms with Crippen molar-refractivity contribution in [2.45, 2.75) is 6.42 Å². The Labute approximate surface area is 156 Å². The molecule has 0 unspecified atom stereocenters. The van der Waals surface area contributed by atoms with Gasteiger partial charge in [-0.1, -0.05) is 39.4 Å². The van der Waals surface area contributed by atoms with Crippen LogP contribution in [-0.2, 0) is 6.42 Å². The zero-order valence-electron chi connectivity index (χ0n) is 13.0. The molecule has 0 fully saturated rings. The third-order valence-corrected chi connectivity index (χ3v) is 4.89. The molecular weight excluding hydrogens is 407 g/mol. The van der Waals surface area contributed by atoms with Crippen LogP contribution in [0.1, 0.15) is 15.9 Å². The van der Waals surface area contributed by atoms with E-state index in [-0.39, 0.29) is 5.82 Å². The van der Waals surface area contributed by atoms with Crippen LogP contribution in [0.3, 0.4) is 0 Å². The minimum Gasteiger partial charge on any atom is -0.366 e. The van der Waals surface area contributed by atoms with Gasteiger partial charge in [-0.2, -0.15) is 0 Å². The first kappa shape index (κ1) is 17.5. The maximum absolute atomic E-state index is 13.9. The van der Waals surface area contributed by atoms with E-state index in [0.29, 0.717) is 34.2 Å². The van der Waals surface area contributed by atoms with Crippen molar-refractivity contribution in [3.63, 3.8) is 0 Å². The van der Waals surface area contributed by atoms with E-state index >= 15 is 0 Å². The average molecular weight is 421 g/mol. The van der Waals surface area contributed by atoms with Crippen molar-refractivity contribution in [3.8, 4) is 10.6 Å². The summed E-state index contributed by atoms with van der Waals surface area (Å²) in [6.07, 6.45) is 0.696. The van der Waals surface area contributed by atoms with Gasteiger partial charge in [-0.25, -0.2) is 4.39 Å². The van der Waals surface area contributed by atoms with Crippen LogP contribution in [0.15, 0.2) is 46.9 Å². The summed E-state index contributed by atoms with van der Waals surface area (Å²) in [5.74, 6) is -0.784. The number of anilines is 1. The lowest BCUT2D eigenvalue weighted by Crippen LogP contribution is -2.11. The third-order valence-electron chi connectivity index (χ3n) is 3.49. The first-order valence-corrected chi connectivity index (χ1v) is 9.05. The van der Waals surface area contributed by atoms with E-state index in [1.165, 1.54) is 17.4 Å². The molecule has 0 radical (unpaired) electrons. The molecule has 0 saturated carbocycles. The number of carbonyl (C=O) groups is 1. The summed E-state index contributed by atoms with van der Waals surface area (Å²) in [7, 11) is 0. The molecule has 128 valence electrons. The van der Waals surface area contributed by atoms with E-state index in [1.807, 2.05) is 6.07 Å². The quantitative estimate of drug-likeness (QED) is 0.634. The summed E-state index contributed by atoms with van der Waals surface area (Å²) < 4.78 is 14.7. The van der Waals surface area contributed by atoms with E-state index in [9.17, 15) is 9.18 Å². The zero-order chi connectivity index (χ0) is 17.8. The first-order valence-electron chi connectivity index (χ1n) is 7.44. The van der Waals surface area contributed by atoms with E-state index in [2.05, 4.69) is 31.4 Å². The van der Waals surface area contributed by atoms with E-state index in [1.54, 1.807) is 30.3 Å². The van der Waals surface area contributed by atoms with Gasteiger partial charge >= 0.3 is 0 Å². The largest absolute Gasteiger partial charge is 0.366 e. The maximum atomic E-state index is 13.9. The molecule has 2 aromatic carbocycles. The number of benzene rings is 2. The molecule has 0 saturated heterocycles. The molecule has 3 N–H and O–H groups in total. The summed E-state index contributed by atoms with van der Waals surface area (Å²) in [4.78, 5) is 11.2. The highest BCUT2D eigenvalue weighted by molar-refractivity contribution is 9.10. The number of hydrogen-bond acceptors (Lipinski definition) is 5. The van der Waals surface area contributed by atoms with Crippen molar-refractivity contribution >= 4 is 38.3 Å². The van der Waals surface area contributed by atoms with E-state index in [4.69, 9.17) is 5.73 Å². The van der Waals surface area contributed by atoms with Gasteiger partial charge in [0, 0.05) is 22.1 Å². The van der Waals surface area contributed by atoms with Gasteiger partial charge in [-0.15, -0.1) is 10.2 Å². The number of hydrogen-bond donors (Lipinski definition) is 2. The standard InChI is InChI=1S/C17H14BrFN4OS/c18-12-4-5-14(19)13(9-12)16-22-23-17(25-16)21-7-6-10-2-1-3-11(8-10)15(20)24/h1-5,8-9H,6-7H2,(H2,20,24)(H,21,23). The molecule has 0 spiro atoms. The van der Waals surface area contributed by atoms with Crippen LogP contribution in [0, 0.1) is 5.82 Å². The van der Waals surface area contributed by atoms with Crippen LogP contribution in [0.2, 0.25) is 0 Å². The highest BCUT2D eigenvalue weighted by Gasteiger charge is 2.11. The number of amides is 1. The number of nitrogens with one attached hydrogen (secondary N) is 1. The highest BCUT2D eigenvalue weighted by Crippen LogP contribution is 2.30. The molecule has 0 bridgehead atoms. The van der Waals surface area contributed by atoms with E-state index < -0.39 is 5.91 Å². The Bertz CT molecular complexity index is 915. The van der Waals surface area contributed by atoms with E-state index in [0.717, 1.165) is 10.0 Å². The molecular formula is C17H14BrFN4OS. The summed E-state index contributed by atoms with van der Waals surface area (Å²) in [6.45, 7) is 0.609. The SMILES string of the molecule is NC(=O)c1cccc(CCNc2nnc(-c3cc(Br)ccc3F)s2)c1. The second kappa shape index (κ2) is 7.71. The molecule has 0 atom stereocenters. The zero-order valence-corrected chi connectivity index (χ0v) is 15.4. The lowest BCUT2D eigenvalue weighted by atomic mass is 10.1. The summed E-state index contributed by atoms with van der Waals surface area (Å²) >= 11 is 4.61. The highest BCUT2D eigenvalue weighted by atomic mass is 79.9. The van der Waals surface area contributed by atoms with Crippen molar-refractivity contribution in [1.29, 1.82) is 0 Å². The summed E-state index contributed by atoms with van der Waals surface area (Å²) in [5.41, 5.74) is 7.17. The molecule has 0 aliphatic carbocycles. The molecule has 1 amide bonds. The van der Waals surface area contributed by atoms with Crippen LogP contribution in [-0.4, -0.2) is 22.6 Å². The fraction of sp³-hybridized carbons (Fsp3) is 0.118. The maximum Gasteiger partial charge on any atom is 0.248 e. The van der Waals surface area contributed by atoms with Crippen molar-refractivity contribution in [3.05, 3.63) is 63.9 Å². The fourth-order valence-corrected chi connectivity index (χ4v) is 3.41. The number of carbonyl (C=O) groups excluding carboxylic acids is 1. The number of halogens is 2. The first-order chi connectivity index (χ1) is 12.0. The van der Waals surface area contributed by atoms with Crippen molar-refractivity contribution in [2.75, 3.05) is 11.9 Å². The monoisotopic (exact) mass is 420 g/mol. The average Bonchev–Trinajstić information content (AvgIpc) is 3.06. The van der Waals surface area contributed by atoms with Crippen molar-refractivity contribution < 1.29 is 9.18 Å². The van der Waals surface area contributed by atoms with Crippen LogP contribution in [0.5, 0.6) is 0 Å². The third kappa shape index (κ3) is 4.40. The van der Waals surface area contributed by atoms with Crippen LogP contribution in [0.4, 0.5) is 9.52 Å². The molecule has 0 aliphatic heterocycles. The Morgan fingerprint density at radius 2 is 2.08 bits per heavy atom. The molecule has 1 heterocycles. The Morgan fingerprint density at radius 1 is 1.24 bits per heavy atom. The number of primary amides is 1. The topological polar surface area (TPSA) is 80.9 Å². The van der Waals surface area contributed by atoms with Crippen LogP contribution < -0.4 is 11.1 Å². The number of rotatable bonds is 6. The number of aromatic nitrogens is 2. The molecule has 5 nitrogen and oxygen atoms in total. The van der Waals surface area contributed by atoms with Crippen LogP contribution >= 0.6 is 27.3 Å². The lowest BCUT2D eigenvalue weighted by Gasteiger charge is -2.04. The number of nitrogens with two attached hydrogens (primary N) is 1. The Morgan fingerprint density at radius 3 is 2.88 bits per heavy atom. The summed E-state index contributed by atoms with van der Waals surface area (Å²) in [5, 5.41) is 12.4. The van der Waals surface area contributed by atoms with Gasteiger partial charge in [0.05, 0.1) is 0 Å². The van der Waals surface area contributed by atoms with Gasteiger partial charge in [-0.05, 0) is 42.3 Å².